The van der Waals surface area contributed by atoms with E-state index in [0.717, 1.165) is 18.4 Å². The molecule has 1 saturated carbocycles. The molecule has 2 fully saturated rings. The number of hydrogen-bond donors (Lipinski definition) is 1. The molecule has 0 bridgehead atoms. The van der Waals surface area contributed by atoms with E-state index in [0.29, 0.717) is 19.6 Å². The molecule has 1 aromatic carbocycles. The normalized spacial score (nSPS) is 24.0. The first-order chi connectivity index (χ1) is 12.1. The van der Waals surface area contributed by atoms with Crippen LogP contribution in [-0.4, -0.2) is 42.2 Å². The minimum Gasteiger partial charge on any atom is -0.466 e. The Balaban J connectivity index is 1.68. The average molecular weight is 346 g/mol. The third kappa shape index (κ3) is 4.12. The van der Waals surface area contributed by atoms with Crippen molar-refractivity contribution in [1.29, 1.82) is 0 Å². The van der Waals surface area contributed by atoms with Crippen molar-refractivity contribution in [1.82, 2.24) is 4.90 Å². The summed E-state index contributed by atoms with van der Waals surface area (Å²) in [4.78, 5) is 26.7. The standard InChI is InChI=1S/C19H26N2O4/c1-2-24-18(22)16(14-8-9-14)17-15(20)10-11-21(17)19(23)25-12-13-6-4-3-5-7-13/h3-7,14-17H,2,8-12,20H2,1H3/t15-,16?,17-/m1/s1. The van der Waals surface area contributed by atoms with Crippen molar-refractivity contribution in [2.24, 2.45) is 17.6 Å². The highest BCUT2D eigenvalue weighted by Gasteiger charge is 2.50. The zero-order valence-corrected chi connectivity index (χ0v) is 14.6. The molecule has 0 aromatic heterocycles. The molecule has 25 heavy (non-hydrogen) atoms. The highest BCUT2D eigenvalue weighted by atomic mass is 16.6. The Labute approximate surface area is 148 Å². The van der Waals surface area contributed by atoms with Gasteiger partial charge in [-0.05, 0) is 37.7 Å². The Bertz CT molecular complexity index is 603. The summed E-state index contributed by atoms with van der Waals surface area (Å²) >= 11 is 0. The Morgan fingerprint density at radius 3 is 2.56 bits per heavy atom. The quantitative estimate of drug-likeness (QED) is 0.800. The lowest BCUT2D eigenvalue weighted by Gasteiger charge is -2.32. The molecule has 1 unspecified atom stereocenters. The lowest BCUT2D eigenvalue weighted by molar-refractivity contribution is -0.151. The second kappa shape index (κ2) is 7.87. The van der Waals surface area contributed by atoms with Crippen molar-refractivity contribution in [3.63, 3.8) is 0 Å². The minimum absolute atomic E-state index is 0.214. The number of amides is 1. The van der Waals surface area contributed by atoms with Crippen molar-refractivity contribution in [2.75, 3.05) is 13.2 Å². The monoisotopic (exact) mass is 346 g/mol. The van der Waals surface area contributed by atoms with Gasteiger partial charge in [-0.15, -0.1) is 0 Å². The summed E-state index contributed by atoms with van der Waals surface area (Å²) in [6.07, 6.45) is 2.24. The van der Waals surface area contributed by atoms with Crippen LogP contribution in [0, 0.1) is 11.8 Å². The number of rotatable bonds is 6. The first-order valence-corrected chi connectivity index (χ1v) is 9.01. The molecule has 0 spiro atoms. The number of hydrogen-bond acceptors (Lipinski definition) is 5. The van der Waals surface area contributed by atoms with E-state index in [1.54, 1.807) is 11.8 Å². The smallest absolute Gasteiger partial charge is 0.410 e. The molecule has 2 aliphatic rings. The first-order valence-electron chi connectivity index (χ1n) is 9.01. The molecule has 6 nitrogen and oxygen atoms in total. The van der Waals surface area contributed by atoms with Crippen LogP contribution in [0.3, 0.4) is 0 Å². The zero-order valence-electron chi connectivity index (χ0n) is 14.6. The lowest BCUT2D eigenvalue weighted by Crippen LogP contribution is -2.51. The molecule has 2 N–H and O–H groups in total. The van der Waals surface area contributed by atoms with Gasteiger partial charge in [0.25, 0.3) is 0 Å². The zero-order chi connectivity index (χ0) is 17.8. The van der Waals surface area contributed by atoms with Gasteiger partial charge in [-0.1, -0.05) is 30.3 Å². The van der Waals surface area contributed by atoms with Gasteiger partial charge >= 0.3 is 12.1 Å². The van der Waals surface area contributed by atoms with Gasteiger partial charge in [0.1, 0.15) is 6.61 Å². The van der Waals surface area contributed by atoms with E-state index in [-0.39, 0.29) is 36.5 Å². The fourth-order valence-electron chi connectivity index (χ4n) is 3.62. The van der Waals surface area contributed by atoms with Crippen LogP contribution in [0.15, 0.2) is 30.3 Å². The largest absolute Gasteiger partial charge is 0.466 e. The predicted octanol–water partition coefficient (Wildman–Crippen LogP) is 2.31. The van der Waals surface area contributed by atoms with Crippen LogP contribution in [0.1, 0.15) is 31.7 Å². The summed E-state index contributed by atoms with van der Waals surface area (Å²) in [5.41, 5.74) is 7.19. The molecule has 1 amide bonds. The molecule has 1 aromatic rings. The second-order valence-electron chi connectivity index (χ2n) is 6.79. The average Bonchev–Trinajstić information content (AvgIpc) is 3.38. The van der Waals surface area contributed by atoms with Gasteiger partial charge in [0.05, 0.1) is 18.6 Å². The molecule has 6 heteroatoms. The topological polar surface area (TPSA) is 81.9 Å². The van der Waals surface area contributed by atoms with Crippen molar-refractivity contribution >= 4 is 12.1 Å². The maximum absolute atomic E-state index is 12.6. The van der Waals surface area contributed by atoms with Crippen molar-refractivity contribution < 1.29 is 19.1 Å². The molecule has 1 heterocycles. The molecule has 3 rings (SSSR count). The molecule has 0 radical (unpaired) electrons. The van der Waals surface area contributed by atoms with Crippen molar-refractivity contribution in [3.05, 3.63) is 35.9 Å². The maximum atomic E-state index is 12.6. The molecule has 1 aliphatic heterocycles. The Hall–Kier alpha value is -2.08. The van der Waals surface area contributed by atoms with Crippen molar-refractivity contribution in [2.45, 2.75) is 44.9 Å². The predicted molar refractivity (Wildman–Crippen MR) is 92.6 cm³/mol. The Morgan fingerprint density at radius 1 is 1.20 bits per heavy atom. The summed E-state index contributed by atoms with van der Waals surface area (Å²) in [7, 11) is 0. The third-order valence-electron chi connectivity index (χ3n) is 5.00. The summed E-state index contributed by atoms with van der Waals surface area (Å²) in [6.45, 7) is 2.86. The molecule has 3 atom stereocenters. The lowest BCUT2D eigenvalue weighted by atomic mass is 9.90. The molecule has 1 aliphatic carbocycles. The van der Waals surface area contributed by atoms with Crippen LogP contribution in [-0.2, 0) is 20.9 Å². The number of esters is 1. The van der Waals surface area contributed by atoms with Crippen LogP contribution < -0.4 is 5.73 Å². The van der Waals surface area contributed by atoms with Gasteiger partial charge in [-0.3, -0.25) is 4.79 Å². The second-order valence-corrected chi connectivity index (χ2v) is 6.79. The number of ether oxygens (including phenoxy) is 2. The van der Waals surface area contributed by atoms with Gasteiger partial charge < -0.3 is 20.1 Å². The fourth-order valence-corrected chi connectivity index (χ4v) is 3.62. The van der Waals surface area contributed by atoms with E-state index in [4.69, 9.17) is 15.2 Å². The summed E-state index contributed by atoms with van der Waals surface area (Å²) in [5, 5.41) is 0. The van der Waals surface area contributed by atoms with Crippen LogP contribution in [0.4, 0.5) is 4.79 Å². The summed E-state index contributed by atoms with van der Waals surface area (Å²) < 4.78 is 10.7. The SMILES string of the molecule is CCOC(=O)C(C1CC1)[C@H]1[C@H](N)CCN1C(=O)OCc1ccccc1. The summed E-state index contributed by atoms with van der Waals surface area (Å²) in [6, 6.07) is 8.98. The van der Waals surface area contributed by atoms with Gasteiger partial charge in [0.15, 0.2) is 0 Å². The number of carbonyl (C=O) groups is 2. The number of nitrogens with zero attached hydrogens (tertiary/aromatic N) is 1. The maximum Gasteiger partial charge on any atom is 0.410 e. The first kappa shape index (κ1) is 17.7. The summed E-state index contributed by atoms with van der Waals surface area (Å²) in [5.74, 6) is -0.326. The third-order valence-corrected chi connectivity index (χ3v) is 5.00. The van der Waals surface area contributed by atoms with Crippen molar-refractivity contribution in [3.8, 4) is 0 Å². The van der Waals surface area contributed by atoms with Gasteiger partial charge in [0, 0.05) is 12.6 Å². The van der Waals surface area contributed by atoms with Crippen LogP contribution in [0.2, 0.25) is 0 Å². The van der Waals surface area contributed by atoms with Crippen LogP contribution in [0.5, 0.6) is 0 Å². The number of benzene rings is 1. The van der Waals surface area contributed by atoms with E-state index < -0.39 is 6.09 Å². The van der Waals surface area contributed by atoms with Gasteiger partial charge in [-0.25, -0.2) is 4.79 Å². The van der Waals surface area contributed by atoms with Gasteiger partial charge in [0.2, 0.25) is 0 Å². The van der Waals surface area contributed by atoms with Crippen LogP contribution >= 0.6 is 0 Å². The molecule has 1 saturated heterocycles. The molecular weight excluding hydrogens is 320 g/mol. The molecular formula is C19H26N2O4. The Morgan fingerprint density at radius 2 is 1.92 bits per heavy atom. The van der Waals surface area contributed by atoms with E-state index in [1.807, 2.05) is 30.3 Å². The minimum atomic E-state index is -0.406. The number of carbonyl (C=O) groups excluding carboxylic acids is 2. The van der Waals surface area contributed by atoms with E-state index in [2.05, 4.69) is 0 Å². The van der Waals surface area contributed by atoms with E-state index in [9.17, 15) is 9.59 Å². The van der Waals surface area contributed by atoms with E-state index >= 15 is 0 Å². The van der Waals surface area contributed by atoms with Crippen LogP contribution in [0.25, 0.3) is 0 Å². The fraction of sp³-hybridized carbons (Fsp3) is 0.579. The van der Waals surface area contributed by atoms with E-state index in [1.165, 1.54) is 0 Å². The number of nitrogens with two attached hydrogens (primary N) is 1. The highest BCUT2D eigenvalue weighted by molar-refractivity contribution is 5.76. The number of likely N-dealkylation sites (tertiary alicyclic amines) is 1. The highest BCUT2D eigenvalue weighted by Crippen LogP contribution is 2.43. The van der Waals surface area contributed by atoms with Gasteiger partial charge in [-0.2, -0.15) is 0 Å². The Kier molecular flexibility index (Phi) is 5.58. The molecule has 136 valence electrons.